The van der Waals surface area contributed by atoms with Crippen molar-refractivity contribution in [2.45, 2.75) is 0 Å². The number of para-hydroxylation sites is 1. The van der Waals surface area contributed by atoms with Crippen molar-refractivity contribution in [3.8, 4) is 17.6 Å². The molecule has 0 bridgehead atoms. The average molecular weight is 203 g/mol. The van der Waals surface area contributed by atoms with Gasteiger partial charge in [-0.15, -0.1) is 0 Å². The molecule has 0 spiro atoms. The predicted molar refractivity (Wildman–Crippen MR) is 61.1 cm³/mol. The number of methoxy groups -OCH3 is 1. The molecule has 5 N–H and O–H groups in total. The molecule has 0 saturated carbocycles. The zero-order valence-corrected chi connectivity index (χ0v) is 8.50. The summed E-state index contributed by atoms with van der Waals surface area (Å²) in [6.07, 6.45) is 0. The lowest BCUT2D eigenvalue weighted by Gasteiger charge is -2.08. The van der Waals surface area contributed by atoms with E-state index in [2.05, 4.69) is 11.8 Å². The largest absolute Gasteiger partial charge is 0.494 e. The lowest BCUT2D eigenvalue weighted by atomic mass is 10.1. The summed E-state index contributed by atoms with van der Waals surface area (Å²) in [5, 5.41) is 7.71. The number of ether oxygens (including phenoxy) is 1. The van der Waals surface area contributed by atoms with Gasteiger partial charge in [0.2, 0.25) is 0 Å². The van der Waals surface area contributed by atoms with E-state index in [4.69, 9.17) is 21.6 Å². The Bertz CT molecular complexity index is 429. The summed E-state index contributed by atoms with van der Waals surface area (Å²) in [6, 6.07) is 5.21. The molecule has 0 fully saturated rings. The normalized spacial score (nSPS) is 8.93. The molecular weight excluding hydrogens is 190 g/mol. The first-order chi connectivity index (χ1) is 7.20. The van der Waals surface area contributed by atoms with Crippen molar-refractivity contribution in [2.24, 2.45) is 5.73 Å². The van der Waals surface area contributed by atoms with Crippen LogP contribution in [0.5, 0.6) is 5.75 Å². The maximum absolute atomic E-state index is 7.71. The number of nitrogen functional groups attached to an aromatic ring is 1. The molecule has 0 aliphatic carbocycles. The number of anilines is 1. The monoisotopic (exact) mass is 203 g/mol. The molecule has 0 radical (unpaired) electrons. The molecule has 4 nitrogen and oxygen atoms in total. The van der Waals surface area contributed by atoms with Crippen LogP contribution < -0.4 is 16.2 Å². The predicted octanol–water partition coefficient (Wildman–Crippen LogP) is 0.607. The van der Waals surface area contributed by atoms with Gasteiger partial charge in [-0.2, -0.15) is 0 Å². The highest BCUT2D eigenvalue weighted by atomic mass is 16.5. The van der Waals surface area contributed by atoms with Gasteiger partial charge in [0.05, 0.1) is 24.9 Å². The van der Waals surface area contributed by atoms with Gasteiger partial charge in [-0.05, 0) is 18.1 Å². The minimum absolute atomic E-state index is 0.157. The molecule has 1 rings (SSSR count). The highest BCUT2D eigenvalue weighted by molar-refractivity contribution is 6.13. The van der Waals surface area contributed by atoms with Gasteiger partial charge in [0.1, 0.15) is 5.71 Å². The summed E-state index contributed by atoms with van der Waals surface area (Å²) in [5.41, 5.74) is 12.2. The van der Waals surface area contributed by atoms with Crippen molar-refractivity contribution in [2.75, 3.05) is 19.4 Å². The van der Waals surface area contributed by atoms with Gasteiger partial charge in [0, 0.05) is 0 Å². The van der Waals surface area contributed by atoms with Crippen LogP contribution in [0.1, 0.15) is 5.56 Å². The molecule has 0 unspecified atom stereocenters. The molecule has 0 aliphatic rings. The third kappa shape index (κ3) is 2.48. The number of nitrogens with one attached hydrogen (secondary N) is 1. The summed E-state index contributed by atoms with van der Waals surface area (Å²) in [4.78, 5) is 0. The van der Waals surface area contributed by atoms with Gasteiger partial charge < -0.3 is 16.2 Å². The van der Waals surface area contributed by atoms with E-state index < -0.39 is 0 Å². The fourth-order valence-corrected chi connectivity index (χ4v) is 1.19. The summed E-state index contributed by atoms with van der Waals surface area (Å²) in [7, 11) is 1.51. The third-order valence-electron chi connectivity index (χ3n) is 1.83. The summed E-state index contributed by atoms with van der Waals surface area (Å²) >= 11 is 0. The summed E-state index contributed by atoms with van der Waals surface area (Å²) in [6.45, 7) is 0.229. The van der Waals surface area contributed by atoms with E-state index in [0.29, 0.717) is 17.0 Å². The fourth-order valence-electron chi connectivity index (χ4n) is 1.19. The number of benzene rings is 1. The number of hydrogen-bond donors (Lipinski definition) is 3. The molecule has 78 valence electrons. The molecule has 0 amide bonds. The maximum atomic E-state index is 7.71. The molecule has 1 aromatic carbocycles. The van der Waals surface area contributed by atoms with Gasteiger partial charge in [-0.25, -0.2) is 0 Å². The van der Waals surface area contributed by atoms with Crippen molar-refractivity contribution >= 4 is 11.4 Å². The molecule has 4 heteroatoms. The fraction of sp³-hybridized carbons (Fsp3) is 0.182. The first-order valence-electron chi connectivity index (χ1n) is 4.41. The van der Waals surface area contributed by atoms with E-state index in [9.17, 15) is 0 Å². The van der Waals surface area contributed by atoms with Gasteiger partial charge >= 0.3 is 0 Å². The van der Waals surface area contributed by atoms with Crippen LogP contribution >= 0.6 is 0 Å². The minimum Gasteiger partial charge on any atom is -0.494 e. The number of hydrogen-bond acceptors (Lipinski definition) is 4. The second kappa shape index (κ2) is 5.03. The van der Waals surface area contributed by atoms with Crippen molar-refractivity contribution in [3.63, 3.8) is 0 Å². The van der Waals surface area contributed by atoms with Crippen LogP contribution in [0.25, 0.3) is 0 Å². The van der Waals surface area contributed by atoms with E-state index in [1.165, 1.54) is 7.11 Å². The Balaban J connectivity index is 3.14. The van der Waals surface area contributed by atoms with Crippen LogP contribution in [-0.4, -0.2) is 19.4 Å². The number of rotatable bonds is 2. The average Bonchev–Trinajstić information content (AvgIpc) is 2.25. The van der Waals surface area contributed by atoms with Crippen LogP contribution in [0.2, 0.25) is 0 Å². The lowest BCUT2D eigenvalue weighted by molar-refractivity contribution is 0.416. The quantitative estimate of drug-likeness (QED) is 0.374. The zero-order valence-electron chi connectivity index (χ0n) is 8.50. The van der Waals surface area contributed by atoms with Crippen molar-refractivity contribution in [1.82, 2.24) is 0 Å². The zero-order chi connectivity index (χ0) is 11.3. The summed E-state index contributed by atoms with van der Waals surface area (Å²) < 4.78 is 5.11. The topological polar surface area (TPSA) is 85.1 Å². The second-order valence-corrected chi connectivity index (χ2v) is 2.81. The molecule has 0 atom stereocenters. The highest BCUT2D eigenvalue weighted by Gasteiger charge is 2.08. The first-order valence-corrected chi connectivity index (χ1v) is 4.41. The van der Waals surface area contributed by atoms with Gasteiger partial charge in [0.25, 0.3) is 0 Å². The number of nitrogens with two attached hydrogens (primary N) is 2. The highest BCUT2D eigenvalue weighted by Crippen LogP contribution is 2.25. The molecule has 0 heterocycles. The van der Waals surface area contributed by atoms with E-state index in [0.717, 1.165) is 0 Å². The molecule has 15 heavy (non-hydrogen) atoms. The minimum atomic E-state index is 0.157. The maximum Gasteiger partial charge on any atom is 0.151 e. The Kier molecular flexibility index (Phi) is 3.72. The first kappa shape index (κ1) is 11.1. The Morgan fingerprint density at radius 3 is 2.87 bits per heavy atom. The molecule has 0 saturated heterocycles. The van der Waals surface area contributed by atoms with Crippen molar-refractivity contribution in [3.05, 3.63) is 23.8 Å². The second-order valence-electron chi connectivity index (χ2n) is 2.81. The van der Waals surface area contributed by atoms with E-state index in [1.807, 2.05) is 0 Å². The molecule has 0 aromatic heterocycles. The summed E-state index contributed by atoms with van der Waals surface area (Å²) in [5.74, 6) is 5.73. The van der Waals surface area contributed by atoms with Gasteiger partial charge in [-0.3, -0.25) is 5.41 Å². The third-order valence-corrected chi connectivity index (χ3v) is 1.83. The Morgan fingerprint density at radius 1 is 1.53 bits per heavy atom. The van der Waals surface area contributed by atoms with E-state index in [-0.39, 0.29) is 12.3 Å². The molecule has 0 aliphatic heterocycles. The lowest BCUT2D eigenvalue weighted by Crippen LogP contribution is -2.03. The van der Waals surface area contributed by atoms with E-state index >= 15 is 0 Å². The van der Waals surface area contributed by atoms with Crippen LogP contribution in [0.15, 0.2) is 18.2 Å². The molecule has 1 aromatic rings. The van der Waals surface area contributed by atoms with Crippen LogP contribution in [0.3, 0.4) is 0 Å². The standard InChI is InChI=1S/C11H13N3O/c1-15-11-8(4-2-5-10(11)14)9(13)6-3-7-12/h2,4-5,13H,7,12,14H2,1H3. The van der Waals surface area contributed by atoms with Gasteiger partial charge in [0.15, 0.2) is 5.75 Å². The Morgan fingerprint density at radius 2 is 2.27 bits per heavy atom. The van der Waals surface area contributed by atoms with Crippen LogP contribution in [0.4, 0.5) is 5.69 Å². The van der Waals surface area contributed by atoms with Crippen LogP contribution in [-0.2, 0) is 0 Å². The smallest absolute Gasteiger partial charge is 0.151 e. The molecular formula is C11H13N3O. The van der Waals surface area contributed by atoms with Gasteiger partial charge in [-0.1, -0.05) is 12.0 Å². The SMILES string of the molecule is COc1c(N)cccc1C(=N)C#CCN. The Labute approximate surface area is 88.7 Å². The van der Waals surface area contributed by atoms with Crippen molar-refractivity contribution in [1.29, 1.82) is 5.41 Å². The Hall–Kier alpha value is -1.99. The van der Waals surface area contributed by atoms with Crippen molar-refractivity contribution < 1.29 is 4.74 Å². The van der Waals surface area contributed by atoms with E-state index in [1.54, 1.807) is 18.2 Å². The van der Waals surface area contributed by atoms with Crippen LogP contribution in [0, 0.1) is 17.3 Å².